The quantitative estimate of drug-likeness (QED) is 0.167. The summed E-state index contributed by atoms with van der Waals surface area (Å²) in [4.78, 5) is 0. The summed E-state index contributed by atoms with van der Waals surface area (Å²) in [5, 5.41) is 15.6. The number of hydrogen-bond acceptors (Lipinski definition) is 3. The van der Waals surface area contributed by atoms with Crippen molar-refractivity contribution >= 4 is 5.84 Å². The van der Waals surface area contributed by atoms with Crippen LogP contribution in [0, 0.1) is 11.3 Å². The monoisotopic (exact) mass is 283 g/mol. The predicted octanol–water partition coefficient (Wildman–Crippen LogP) is 3.49. The summed E-state index contributed by atoms with van der Waals surface area (Å²) < 4.78 is 0. The zero-order chi connectivity index (χ0) is 15.0. The lowest BCUT2D eigenvalue weighted by atomic mass is 9.86. The second-order valence-electron chi connectivity index (χ2n) is 7.00. The van der Waals surface area contributed by atoms with E-state index < -0.39 is 0 Å². The van der Waals surface area contributed by atoms with Gasteiger partial charge in [0.15, 0.2) is 0 Å². The molecule has 4 heteroatoms. The van der Waals surface area contributed by atoms with Crippen molar-refractivity contribution in [2.45, 2.75) is 78.2 Å². The van der Waals surface area contributed by atoms with Gasteiger partial charge in [0.2, 0.25) is 0 Å². The topological polar surface area (TPSA) is 70.6 Å². The second kappa shape index (κ2) is 8.50. The van der Waals surface area contributed by atoms with Gasteiger partial charge in [-0.2, -0.15) is 0 Å². The lowest BCUT2D eigenvalue weighted by molar-refractivity contribution is 0.303. The van der Waals surface area contributed by atoms with Crippen LogP contribution in [0.25, 0.3) is 0 Å². The van der Waals surface area contributed by atoms with E-state index in [1.165, 1.54) is 32.1 Å². The number of rotatable bonds is 7. The van der Waals surface area contributed by atoms with Crippen molar-refractivity contribution < 1.29 is 5.21 Å². The van der Waals surface area contributed by atoms with Gasteiger partial charge in [0.1, 0.15) is 5.84 Å². The first kappa shape index (κ1) is 17.3. The van der Waals surface area contributed by atoms with E-state index in [2.05, 4.69) is 17.4 Å². The van der Waals surface area contributed by atoms with Crippen LogP contribution in [0.3, 0.4) is 0 Å². The largest absolute Gasteiger partial charge is 0.409 e. The SMILES string of the molecule is CC1CCCCCC1NCCCCC(C)(C)C(N)=NO. The van der Waals surface area contributed by atoms with Crippen LogP contribution in [0.1, 0.15) is 72.1 Å². The maximum Gasteiger partial charge on any atom is 0.144 e. The molecule has 0 aromatic rings. The molecule has 1 fully saturated rings. The van der Waals surface area contributed by atoms with Crippen molar-refractivity contribution in [2.24, 2.45) is 22.2 Å². The predicted molar refractivity (Wildman–Crippen MR) is 85.1 cm³/mol. The van der Waals surface area contributed by atoms with Crippen LogP contribution in [0.5, 0.6) is 0 Å². The average molecular weight is 283 g/mol. The lowest BCUT2D eigenvalue weighted by Gasteiger charge is -2.24. The summed E-state index contributed by atoms with van der Waals surface area (Å²) in [6.07, 6.45) is 10.1. The molecule has 4 N–H and O–H groups in total. The fourth-order valence-electron chi connectivity index (χ4n) is 3.04. The van der Waals surface area contributed by atoms with Gasteiger partial charge in [0.05, 0.1) is 0 Å². The molecule has 118 valence electrons. The van der Waals surface area contributed by atoms with E-state index in [1.807, 2.05) is 13.8 Å². The van der Waals surface area contributed by atoms with Crippen molar-refractivity contribution in [1.29, 1.82) is 0 Å². The van der Waals surface area contributed by atoms with E-state index >= 15 is 0 Å². The molecule has 0 heterocycles. The number of hydrogen-bond donors (Lipinski definition) is 3. The van der Waals surface area contributed by atoms with Gasteiger partial charge in [-0.3, -0.25) is 0 Å². The Hall–Kier alpha value is -0.770. The van der Waals surface area contributed by atoms with E-state index in [0.717, 1.165) is 31.7 Å². The van der Waals surface area contributed by atoms with Gasteiger partial charge >= 0.3 is 0 Å². The standard InChI is InChI=1S/C16H33N3O/c1-13-9-5-4-6-10-14(13)18-12-8-7-11-16(2,3)15(17)19-20/h13-14,18,20H,4-12H2,1-3H3,(H2,17,19). The zero-order valence-electron chi connectivity index (χ0n) is 13.5. The van der Waals surface area contributed by atoms with Crippen LogP contribution in [-0.2, 0) is 0 Å². The van der Waals surface area contributed by atoms with Crippen molar-refractivity contribution in [3.05, 3.63) is 0 Å². The van der Waals surface area contributed by atoms with Crippen LogP contribution >= 0.6 is 0 Å². The summed E-state index contributed by atoms with van der Waals surface area (Å²) in [6.45, 7) is 7.53. The molecule has 1 rings (SSSR count). The molecule has 2 atom stereocenters. The molecule has 0 amide bonds. The summed E-state index contributed by atoms with van der Waals surface area (Å²) in [5.41, 5.74) is 5.50. The van der Waals surface area contributed by atoms with Crippen molar-refractivity contribution in [3.63, 3.8) is 0 Å². The van der Waals surface area contributed by atoms with Crippen molar-refractivity contribution in [2.75, 3.05) is 6.54 Å². The van der Waals surface area contributed by atoms with Crippen LogP contribution in [-0.4, -0.2) is 23.6 Å². The Morgan fingerprint density at radius 1 is 1.25 bits per heavy atom. The molecule has 0 aliphatic heterocycles. The first-order valence-corrected chi connectivity index (χ1v) is 8.19. The first-order chi connectivity index (χ1) is 9.47. The fraction of sp³-hybridized carbons (Fsp3) is 0.938. The molecule has 0 spiro atoms. The third-order valence-electron chi connectivity index (χ3n) is 4.80. The minimum Gasteiger partial charge on any atom is -0.409 e. The highest BCUT2D eigenvalue weighted by atomic mass is 16.4. The average Bonchev–Trinajstić information content (AvgIpc) is 2.62. The highest BCUT2D eigenvalue weighted by molar-refractivity contribution is 5.85. The van der Waals surface area contributed by atoms with Crippen molar-refractivity contribution in [1.82, 2.24) is 5.32 Å². The summed E-state index contributed by atoms with van der Waals surface area (Å²) in [6, 6.07) is 0.703. The number of unbranched alkanes of at least 4 members (excludes halogenated alkanes) is 1. The Morgan fingerprint density at radius 2 is 1.95 bits per heavy atom. The molecule has 0 aromatic carbocycles. The molecule has 4 nitrogen and oxygen atoms in total. The van der Waals surface area contributed by atoms with Crippen molar-refractivity contribution in [3.8, 4) is 0 Å². The van der Waals surface area contributed by atoms with E-state index in [0.29, 0.717) is 11.9 Å². The molecule has 2 unspecified atom stereocenters. The van der Waals surface area contributed by atoms with E-state index in [1.54, 1.807) is 0 Å². The van der Waals surface area contributed by atoms with E-state index in [9.17, 15) is 0 Å². The van der Waals surface area contributed by atoms with Gasteiger partial charge < -0.3 is 16.3 Å². The van der Waals surface area contributed by atoms with Gasteiger partial charge in [-0.25, -0.2) is 0 Å². The van der Waals surface area contributed by atoms with Crippen LogP contribution < -0.4 is 11.1 Å². The van der Waals surface area contributed by atoms with Crippen LogP contribution in [0.2, 0.25) is 0 Å². The normalized spacial score (nSPS) is 25.4. The molecule has 0 bridgehead atoms. The summed E-state index contributed by atoms with van der Waals surface area (Å²) in [5.74, 6) is 1.15. The highest BCUT2D eigenvalue weighted by Gasteiger charge is 2.23. The molecule has 0 aromatic heterocycles. The molecular formula is C16H33N3O. The Morgan fingerprint density at radius 3 is 2.65 bits per heavy atom. The maximum absolute atomic E-state index is 8.75. The Labute approximate surface area is 124 Å². The second-order valence-corrected chi connectivity index (χ2v) is 7.00. The van der Waals surface area contributed by atoms with Gasteiger partial charge in [-0.05, 0) is 38.1 Å². The molecule has 1 aliphatic carbocycles. The van der Waals surface area contributed by atoms with Crippen LogP contribution in [0.4, 0.5) is 0 Å². The smallest absolute Gasteiger partial charge is 0.144 e. The molecule has 0 saturated heterocycles. The lowest BCUT2D eigenvalue weighted by Crippen LogP contribution is -2.35. The molecule has 1 saturated carbocycles. The number of nitrogens with zero attached hydrogens (tertiary/aromatic N) is 1. The molecule has 0 radical (unpaired) electrons. The van der Waals surface area contributed by atoms with Crippen LogP contribution in [0.15, 0.2) is 5.16 Å². The van der Waals surface area contributed by atoms with E-state index in [-0.39, 0.29) is 5.41 Å². The number of nitrogens with two attached hydrogens (primary N) is 1. The number of nitrogens with one attached hydrogen (secondary N) is 1. The Kier molecular flexibility index (Phi) is 7.35. The first-order valence-electron chi connectivity index (χ1n) is 8.19. The van der Waals surface area contributed by atoms with Gasteiger partial charge in [0.25, 0.3) is 0 Å². The fourth-order valence-corrected chi connectivity index (χ4v) is 3.04. The van der Waals surface area contributed by atoms with Gasteiger partial charge in [0, 0.05) is 11.5 Å². The van der Waals surface area contributed by atoms with Gasteiger partial charge in [-0.15, -0.1) is 0 Å². The third kappa shape index (κ3) is 5.70. The minimum absolute atomic E-state index is 0.204. The number of oxime groups is 1. The molecule has 20 heavy (non-hydrogen) atoms. The summed E-state index contributed by atoms with van der Waals surface area (Å²) >= 11 is 0. The number of amidine groups is 1. The minimum atomic E-state index is -0.204. The summed E-state index contributed by atoms with van der Waals surface area (Å²) in [7, 11) is 0. The Balaban J connectivity index is 2.18. The third-order valence-corrected chi connectivity index (χ3v) is 4.80. The highest BCUT2D eigenvalue weighted by Crippen LogP contribution is 2.24. The molecule has 1 aliphatic rings. The zero-order valence-corrected chi connectivity index (χ0v) is 13.5. The Bertz CT molecular complexity index is 302. The maximum atomic E-state index is 8.75. The van der Waals surface area contributed by atoms with Gasteiger partial charge in [-0.1, -0.05) is 51.6 Å². The van der Waals surface area contributed by atoms with E-state index in [4.69, 9.17) is 10.9 Å². The molecular weight excluding hydrogens is 250 g/mol.